The van der Waals surface area contributed by atoms with Crippen molar-refractivity contribution in [1.82, 2.24) is 15.0 Å². The summed E-state index contributed by atoms with van der Waals surface area (Å²) in [6, 6.07) is 11.7. The maximum absolute atomic E-state index is 5.62. The fraction of sp³-hybridized carbons (Fsp3) is 0.0714. The predicted octanol–water partition coefficient (Wildman–Crippen LogP) is 1.50. The van der Waals surface area contributed by atoms with Gasteiger partial charge in [-0.1, -0.05) is 24.3 Å². The molecule has 3 rings (SSSR count). The fourth-order valence-corrected chi connectivity index (χ4v) is 2.13. The molecule has 0 radical (unpaired) electrons. The number of hydrogen-bond acceptors (Lipinski definition) is 7. The van der Waals surface area contributed by atoms with Gasteiger partial charge in [-0.25, -0.2) is 5.84 Å². The SMILES string of the molecule is NNc1cc(NCc2cccc3cccnc23)nc(N)n1. The monoisotopic (exact) mass is 281 g/mol. The van der Waals surface area contributed by atoms with E-state index in [-0.39, 0.29) is 5.95 Å². The van der Waals surface area contributed by atoms with E-state index in [9.17, 15) is 0 Å². The molecule has 0 saturated carbocycles. The van der Waals surface area contributed by atoms with Crippen LogP contribution >= 0.6 is 0 Å². The Morgan fingerprint density at radius 3 is 2.71 bits per heavy atom. The van der Waals surface area contributed by atoms with Gasteiger partial charge in [0.05, 0.1) is 5.52 Å². The van der Waals surface area contributed by atoms with Gasteiger partial charge < -0.3 is 16.5 Å². The number of aromatic nitrogens is 3. The predicted molar refractivity (Wildman–Crippen MR) is 83.3 cm³/mol. The number of rotatable bonds is 4. The highest BCUT2D eigenvalue weighted by Gasteiger charge is 2.04. The molecule has 0 spiro atoms. The first-order valence-corrected chi connectivity index (χ1v) is 6.44. The molecule has 0 saturated heterocycles. The summed E-state index contributed by atoms with van der Waals surface area (Å²) >= 11 is 0. The number of nitrogen functional groups attached to an aromatic ring is 2. The Hall–Kier alpha value is -2.93. The van der Waals surface area contributed by atoms with Crippen LogP contribution in [-0.2, 0) is 6.54 Å². The second kappa shape index (κ2) is 5.59. The van der Waals surface area contributed by atoms with Gasteiger partial charge in [0.1, 0.15) is 11.6 Å². The molecule has 0 atom stereocenters. The molecule has 21 heavy (non-hydrogen) atoms. The summed E-state index contributed by atoms with van der Waals surface area (Å²) in [6.45, 7) is 0.578. The molecule has 7 heteroatoms. The van der Waals surface area contributed by atoms with Crippen molar-refractivity contribution in [3.63, 3.8) is 0 Å². The van der Waals surface area contributed by atoms with E-state index in [2.05, 4.69) is 25.7 Å². The highest BCUT2D eigenvalue weighted by atomic mass is 15.3. The number of anilines is 3. The first kappa shape index (κ1) is 13.1. The lowest BCUT2D eigenvalue weighted by atomic mass is 10.1. The van der Waals surface area contributed by atoms with Crippen LogP contribution in [0.25, 0.3) is 10.9 Å². The first-order valence-electron chi connectivity index (χ1n) is 6.44. The lowest BCUT2D eigenvalue weighted by molar-refractivity contribution is 1.09. The molecule has 106 valence electrons. The minimum atomic E-state index is 0.156. The molecule has 2 aromatic heterocycles. The quantitative estimate of drug-likeness (QED) is 0.423. The van der Waals surface area contributed by atoms with E-state index in [4.69, 9.17) is 11.6 Å². The summed E-state index contributed by atoms with van der Waals surface area (Å²) in [6.07, 6.45) is 1.78. The average molecular weight is 281 g/mol. The van der Waals surface area contributed by atoms with Crippen molar-refractivity contribution in [2.45, 2.75) is 6.54 Å². The highest BCUT2D eigenvalue weighted by molar-refractivity contribution is 5.81. The van der Waals surface area contributed by atoms with Crippen molar-refractivity contribution in [1.29, 1.82) is 0 Å². The zero-order valence-electron chi connectivity index (χ0n) is 11.2. The van der Waals surface area contributed by atoms with E-state index >= 15 is 0 Å². The number of hydrazine groups is 1. The third kappa shape index (κ3) is 2.82. The largest absolute Gasteiger partial charge is 0.368 e. The van der Waals surface area contributed by atoms with E-state index in [1.807, 2.05) is 30.3 Å². The molecule has 0 unspecified atom stereocenters. The number of para-hydroxylation sites is 1. The van der Waals surface area contributed by atoms with Gasteiger partial charge in [0, 0.05) is 24.2 Å². The zero-order valence-corrected chi connectivity index (χ0v) is 11.2. The summed E-state index contributed by atoms with van der Waals surface area (Å²) in [5, 5.41) is 4.30. The Balaban J connectivity index is 1.85. The van der Waals surface area contributed by atoms with Crippen LogP contribution in [0.2, 0.25) is 0 Å². The number of hydrogen-bond donors (Lipinski definition) is 4. The molecule has 0 aliphatic heterocycles. The van der Waals surface area contributed by atoms with Crippen LogP contribution in [0.15, 0.2) is 42.6 Å². The summed E-state index contributed by atoms with van der Waals surface area (Å²) in [5.41, 5.74) is 10.1. The van der Waals surface area contributed by atoms with E-state index < -0.39 is 0 Å². The van der Waals surface area contributed by atoms with E-state index in [1.54, 1.807) is 12.3 Å². The first-order chi connectivity index (χ1) is 10.3. The molecule has 3 aromatic rings. The van der Waals surface area contributed by atoms with Crippen molar-refractivity contribution in [3.05, 3.63) is 48.2 Å². The maximum atomic E-state index is 5.62. The smallest absolute Gasteiger partial charge is 0.223 e. The van der Waals surface area contributed by atoms with Crippen molar-refractivity contribution in [2.75, 3.05) is 16.5 Å². The lowest BCUT2D eigenvalue weighted by Crippen LogP contribution is -2.12. The molecular formula is C14H15N7. The molecule has 0 aliphatic rings. The third-order valence-corrected chi connectivity index (χ3v) is 3.07. The van der Waals surface area contributed by atoms with Gasteiger partial charge in [-0.2, -0.15) is 9.97 Å². The number of fused-ring (bicyclic) bond motifs is 1. The Kier molecular flexibility index (Phi) is 3.48. The molecule has 6 N–H and O–H groups in total. The van der Waals surface area contributed by atoms with Gasteiger partial charge in [-0.15, -0.1) is 0 Å². The molecule has 1 aromatic carbocycles. The molecule has 2 heterocycles. The molecule has 7 nitrogen and oxygen atoms in total. The van der Waals surface area contributed by atoms with Crippen LogP contribution in [0.4, 0.5) is 17.6 Å². The summed E-state index contributed by atoms with van der Waals surface area (Å²) < 4.78 is 0. The van der Waals surface area contributed by atoms with Crippen molar-refractivity contribution in [2.24, 2.45) is 5.84 Å². The van der Waals surface area contributed by atoms with Crippen LogP contribution in [0.5, 0.6) is 0 Å². The Morgan fingerprint density at radius 2 is 1.86 bits per heavy atom. The topological polar surface area (TPSA) is 115 Å². The minimum absolute atomic E-state index is 0.156. The molecule has 0 fully saturated rings. The van der Waals surface area contributed by atoms with Gasteiger partial charge in [0.2, 0.25) is 5.95 Å². The summed E-state index contributed by atoms with van der Waals surface area (Å²) in [5.74, 6) is 6.55. The molecule has 0 bridgehead atoms. The molecular weight excluding hydrogens is 266 g/mol. The van der Waals surface area contributed by atoms with Crippen molar-refractivity contribution < 1.29 is 0 Å². The summed E-state index contributed by atoms with van der Waals surface area (Å²) in [7, 11) is 0. The number of nitrogens with one attached hydrogen (secondary N) is 2. The minimum Gasteiger partial charge on any atom is -0.368 e. The van der Waals surface area contributed by atoms with Crippen molar-refractivity contribution in [3.8, 4) is 0 Å². The van der Waals surface area contributed by atoms with Gasteiger partial charge in [0.25, 0.3) is 0 Å². The normalized spacial score (nSPS) is 10.5. The lowest BCUT2D eigenvalue weighted by Gasteiger charge is -2.09. The van der Waals surface area contributed by atoms with Gasteiger partial charge in [0.15, 0.2) is 0 Å². The number of nitrogens with two attached hydrogens (primary N) is 2. The average Bonchev–Trinajstić information content (AvgIpc) is 2.52. The van der Waals surface area contributed by atoms with Crippen LogP contribution in [0, 0.1) is 0 Å². The maximum Gasteiger partial charge on any atom is 0.223 e. The summed E-state index contributed by atoms with van der Waals surface area (Å²) in [4.78, 5) is 12.5. The number of nitrogens with zero attached hydrogens (tertiary/aromatic N) is 3. The second-order valence-corrected chi connectivity index (χ2v) is 4.49. The van der Waals surface area contributed by atoms with Crippen LogP contribution in [0.3, 0.4) is 0 Å². The van der Waals surface area contributed by atoms with Crippen LogP contribution in [0.1, 0.15) is 5.56 Å². The Labute approximate surface area is 121 Å². The molecule has 0 amide bonds. The van der Waals surface area contributed by atoms with Crippen LogP contribution in [-0.4, -0.2) is 15.0 Å². The van der Waals surface area contributed by atoms with E-state index in [1.165, 1.54) is 0 Å². The second-order valence-electron chi connectivity index (χ2n) is 4.49. The van der Waals surface area contributed by atoms with Gasteiger partial charge >= 0.3 is 0 Å². The number of pyridine rings is 1. The van der Waals surface area contributed by atoms with Crippen molar-refractivity contribution >= 4 is 28.5 Å². The highest BCUT2D eigenvalue weighted by Crippen LogP contribution is 2.18. The fourth-order valence-electron chi connectivity index (χ4n) is 2.13. The zero-order chi connectivity index (χ0) is 14.7. The van der Waals surface area contributed by atoms with Gasteiger partial charge in [-0.05, 0) is 11.6 Å². The molecule has 0 aliphatic carbocycles. The van der Waals surface area contributed by atoms with Crippen LogP contribution < -0.4 is 22.3 Å². The Bertz CT molecular complexity index is 767. The number of benzene rings is 1. The van der Waals surface area contributed by atoms with Gasteiger partial charge in [-0.3, -0.25) is 4.98 Å². The standard InChI is InChI=1S/C14H15N7/c15-14-19-11(7-12(20-14)21-16)18-8-10-4-1-3-9-5-2-6-17-13(9)10/h1-7H,8,16H2,(H4,15,18,19,20,21). The van der Waals surface area contributed by atoms with E-state index in [0.29, 0.717) is 18.2 Å². The third-order valence-electron chi connectivity index (χ3n) is 3.07. The Morgan fingerprint density at radius 1 is 1.05 bits per heavy atom. The van der Waals surface area contributed by atoms with E-state index in [0.717, 1.165) is 16.5 Å².